The van der Waals surface area contributed by atoms with Crippen LogP contribution in [0, 0.1) is 6.92 Å². The van der Waals surface area contributed by atoms with Crippen LogP contribution in [0.15, 0.2) is 0 Å². The molecular formula is C9H16N4O2. The quantitative estimate of drug-likeness (QED) is 0.776. The smallest absolute Gasteiger partial charge is 0.248 e. The molecule has 1 aromatic heterocycles. The van der Waals surface area contributed by atoms with E-state index in [2.05, 4.69) is 20.5 Å². The fourth-order valence-corrected chi connectivity index (χ4v) is 1.03. The molecule has 0 saturated heterocycles. The van der Waals surface area contributed by atoms with Crippen LogP contribution < -0.4 is 5.32 Å². The number of aromatic nitrogens is 3. The van der Waals surface area contributed by atoms with E-state index in [4.69, 9.17) is 4.74 Å². The number of hydrogen-bond donors (Lipinski definition) is 2. The van der Waals surface area contributed by atoms with E-state index < -0.39 is 5.60 Å². The molecule has 1 amide bonds. The minimum absolute atomic E-state index is 0.166. The number of anilines is 1. The van der Waals surface area contributed by atoms with Crippen molar-refractivity contribution in [3.63, 3.8) is 0 Å². The maximum atomic E-state index is 11.5. The van der Waals surface area contributed by atoms with E-state index in [9.17, 15) is 4.79 Å². The van der Waals surface area contributed by atoms with Gasteiger partial charge in [-0.3, -0.25) is 15.2 Å². The molecule has 1 aromatic rings. The van der Waals surface area contributed by atoms with Gasteiger partial charge < -0.3 is 4.74 Å². The van der Waals surface area contributed by atoms with E-state index in [1.54, 1.807) is 14.0 Å². The van der Waals surface area contributed by atoms with Crippen molar-refractivity contribution < 1.29 is 9.53 Å². The van der Waals surface area contributed by atoms with Gasteiger partial charge in [0.05, 0.1) is 12.0 Å². The third-order valence-electron chi connectivity index (χ3n) is 1.99. The minimum atomic E-state index is -0.477. The van der Waals surface area contributed by atoms with Crippen LogP contribution in [0.5, 0.6) is 0 Å². The zero-order chi connectivity index (χ0) is 11.5. The van der Waals surface area contributed by atoms with Gasteiger partial charge in [-0.1, -0.05) is 0 Å². The molecule has 15 heavy (non-hydrogen) atoms. The second-order valence-electron chi connectivity index (χ2n) is 3.93. The summed E-state index contributed by atoms with van der Waals surface area (Å²) < 4.78 is 5.14. The van der Waals surface area contributed by atoms with Crippen LogP contribution in [0.4, 0.5) is 5.95 Å². The lowest BCUT2D eigenvalue weighted by atomic mass is 10.1. The molecule has 0 saturated carbocycles. The number of carbonyl (C=O) groups excluding carboxylic acids is 1. The number of methoxy groups -OCH3 is 1. The third-order valence-corrected chi connectivity index (χ3v) is 1.99. The van der Waals surface area contributed by atoms with Crippen molar-refractivity contribution in [3.05, 3.63) is 5.82 Å². The first-order valence-electron chi connectivity index (χ1n) is 4.67. The van der Waals surface area contributed by atoms with Crippen molar-refractivity contribution in [3.8, 4) is 0 Å². The predicted molar refractivity (Wildman–Crippen MR) is 55.5 cm³/mol. The number of H-pyrrole nitrogens is 1. The topological polar surface area (TPSA) is 79.9 Å². The number of hydrogen-bond acceptors (Lipinski definition) is 4. The van der Waals surface area contributed by atoms with Crippen LogP contribution in [-0.4, -0.2) is 33.8 Å². The van der Waals surface area contributed by atoms with Crippen molar-refractivity contribution in [2.45, 2.75) is 32.8 Å². The lowest BCUT2D eigenvalue weighted by molar-refractivity contribution is -0.121. The summed E-state index contributed by atoms with van der Waals surface area (Å²) in [5, 5.41) is 9.03. The summed E-state index contributed by atoms with van der Waals surface area (Å²) in [6, 6.07) is 0. The van der Waals surface area contributed by atoms with Crippen molar-refractivity contribution in [1.82, 2.24) is 15.2 Å². The molecule has 1 heterocycles. The zero-order valence-corrected chi connectivity index (χ0v) is 9.42. The van der Waals surface area contributed by atoms with Crippen molar-refractivity contribution in [2.75, 3.05) is 12.4 Å². The van der Waals surface area contributed by atoms with Gasteiger partial charge >= 0.3 is 0 Å². The number of nitrogens with zero attached hydrogens (tertiary/aromatic N) is 2. The average molecular weight is 212 g/mol. The van der Waals surface area contributed by atoms with E-state index in [1.165, 1.54) is 0 Å². The Balaban J connectivity index is 2.50. The summed E-state index contributed by atoms with van der Waals surface area (Å²) in [6.45, 7) is 5.45. The molecule has 0 aliphatic heterocycles. The first-order chi connectivity index (χ1) is 6.93. The first-order valence-corrected chi connectivity index (χ1v) is 4.67. The number of ether oxygens (including phenoxy) is 1. The lowest BCUT2D eigenvalue weighted by Crippen LogP contribution is -2.29. The SMILES string of the molecule is COC(C)(C)CC(=O)Nc1n[nH]c(C)n1. The van der Waals surface area contributed by atoms with E-state index in [0.717, 1.165) is 0 Å². The van der Waals surface area contributed by atoms with E-state index >= 15 is 0 Å². The maximum absolute atomic E-state index is 11.5. The molecule has 84 valence electrons. The van der Waals surface area contributed by atoms with Crippen molar-refractivity contribution in [1.29, 1.82) is 0 Å². The molecule has 0 atom stereocenters. The van der Waals surface area contributed by atoms with Gasteiger partial charge in [0.1, 0.15) is 5.82 Å². The fraction of sp³-hybridized carbons (Fsp3) is 0.667. The Labute approximate surface area is 88.4 Å². The number of amides is 1. The Morgan fingerprint density at radius 1 is 1.60 bits per heavy atom. The summed E-state index contributed by atoms with van der Waals surface area (Å²) >= 11 is 0. The Bertz CT molecular complexity index is 346. The number of nitrogens with one attached hydrogen (secondary N) is 2. The highest BCUT2D eigenvalue weighted by Gasteiger charge is 2.21. The molecule has 0 aliphatic carbocycles. The van der Waals surface area contributed by atoms with Crippen LogP contribution in [-0.2, 0) is 9.53 Å². The zero-order valence-electron chi connectivity index (χ0n) is 9.42. The van der Waals surface area contributed by atoms with Gasteiger partial charge in [-0.05, 0) is 20.8 Å². The predicted octanol–water partition coefficient (Wildman–Crippen LogP) is 0.867. The van der Waals surface area contributed by atoms with Crippen molar-refractivity contribution in [2.24, 2.45) is 0 Å². The standard InChI is InChI=1S/C9H16N4O2/c1-6-10-8(13-12-6)11-7(14)5-9(2,3)15-4/h5H2,1-4H3,(H2,10,11,12,13,14). The Morgan fingerprint density at radius 2 is 2.27 bits per heavy atom. The van der Waals surface area contributed by atoms with Crippen LogP contribution >= 0.6 is 0 Å². The van der Waals surface area contributed by atoms with Crippen LogP contribution in [0.25, 0.3) is 0 Å². The molecule has 0 unspecified atom stereocenters. The van der Waals surface area contributed by atoms with Crippen LogP contribution in [0.3, 0.4) is 0 Å². The molecule has 6 nitrogen and oxygen atoms in total. The molecule has 0 aromatic carbocycles. The number of carbonyl (C=O) groups is 1. The summed E-state index contributed by atoms with van der Waals surface area (Å²) in [5.41, 5.74) is -0.477. The molecule has 6 heteroatoms. The van der Waals surface area contributed by atoms with Gasteiger partial charge in [-0.25, -0.2) is 0 Å². The Morgan fingerprint density at radius 3 is 2.73 bits per heavy atom. The summed E-state index contributed by atoms with van der Waals surface area (Å²) in [5.74, 6) is 0.793. The molecule has 1 rings (SSSR count). The summed E-state index contributed by atoms with van der Waals surface area (Å²) in [6.07, 6.45) is 0.261. The highest BCUT2D eigenvalue weighted by Crippen LogP contribution is 2.13. The molecular weight excluding hydrogens is 196 g/mol. The molecule has 0 aliphatic rings. The van der Waals surface area contributed by atoms with Gasteiger partial charge in [0.25, 0.3) is 0 Å². The molecule has 0 fully saturated rings. The van der Waals surface area contributed by atoms with Crippen LogP contribution in [0.1, 0.15) is 26.1 Å². The summed E-state index contributed by atoms with van der Waals surface area (Å²) in [7, 11) is 1.57. The van der Waals surface area contributed by atoms with E-state index in [-0.39, 0.29) is 12.3 Å². The fourth-order valence-electron chi connectivity index (χ4n) is 1.03. The second-order valence-corrected chi connectivity index (χ2v) is 3.93. The largest absolute Gasteiger partial charge is 0.378 e. The van der Waals surface area contributed by atoms with Gasteiger partial charge in [0, 0.05) is 7.11 Å². The number of aryl methyl sites for hydroxylation is 1. The average Bonchev–Trinajstić information content (AvgIpc) is 2.50. The third kappa shape index (κ3) is 3.67. The highest BCUT2D eigenvalue weighted by atomic mass is 16.5. The van der Waals surface area contributed by atoms with Gasteiger partial charge in [0.15, 0.2) is 0 Å². The summed E-state index contributed by atoms with van der Waals surface area (Å²) in [4.78, 5) is 15.5. The second kappa shape index (κ2) is 4.39. The number of rotatable bonds is 4. The lowest BCUT2D eigenvalue weighted by Gasteiger charge is -2.21. The van der Waals surface area contributed by atoms with E-state index in [1.807, 2.05) is 13.8 Å². The minimum Gasteiger partial charge on any atom is -0.378 e. The van der Waals surface area contributed by atoms with Gasteiger partial charge in [0.2, 0.25) is 11.9 Å². The molecule has 2 N–H and O–H groups in total. The molecule has 0 spiro atoms. The van der Waals surface area contributed by atoms with E-state index in [0.29, 0.717) is 11.8 Å². The Hall–Kier alpha value is -1.43. The molecule has 0 bridgehead atoms. The number of aromatic amines is 1. The monoisotopic (exact) mass is 212 g/mol. The van der Waals surface area contributed by atoms with Crippen molar-refractivity contribution >= 4 is 11.9 Å². The normalized spacial score (nSPS) is 11.5. The highest BCUT2D eigenvalue weighted by molar-refractivity contribution is 5.89. The maximum Gasteiger partial charge on any atom is 0.248 e. The Kier molecular flexibility index (Phi) is 3.41. The first kappa shape index (κ1) is 11.6. The molecule has 0 radical (unpaired) electrons. The van der Waals surface area contributed by atoms with Gasteiger partial charge in [-0.2, -0.15) is 4.98 Å². The van der Waals surface area contributed by atoms with Gasteiger partial charge in [-0.15, -0.1) is 5.10 Å². The van der Waals surface area contributed by atoms with Crippen LogP contribution in [0.2, 0.25) is 0 Å².